The van der Waals surface area contributed by atoms with Crippen molar-refractivity contribution in [2.24, 2.45) is 12.2 Å². The summed E-state index contributed by atoms with van der Waals surface area (Å²) in [6, 6.07) is 1.16. The molecular formula is C12H13F2N3O3S. The van der Waals surface area contributed by atoms with Crippen LogP contribution in [-0.2, 0) is 23.5 Å². The average molecular weight is 317 g/mol. The molecule has 0 spiro atoms. The van der Waals surface area contributed by atoms with Gasteiger partial charge < -0.3 is 4.74 Å². The van der Waals surface area contributed by atoms with E-state index in [1.54, 1.807) is 24.1 Å². The molecule has 0 aliphatic carbocycles. The lowest BCUT2D eigenvalue weighted by Gasteiger charge is -2.11. The van der Waals surface area contributed by atoms with Gasteiger partial charge in [-0.25, -0.2) is 22.3 Å². The Bertz CT molecular complexity index is 759. The zero-order valence-electron chi connectivity index (χ0n) is 11.1. The molecule has 2 aromatic rings. The zero-order valence-corrected chi connectivity index (χ0v) is 11.9. The molecule has 0 aliphatic heterocycles. The summed E-state index contributed by atoms with van der Waals surface area (Å²) in [6.45, 7) is -0.00321. The average Bonchev–Trinajstić information content (AvgIpc) is 2.76. The number of primary sulfonamides is 1. The predicted octanol–water partition coefficient (Wildman–Crippen LogP) is 0.967. The molecule has 9 heteroatoms. The van der Waals surface area contributed by atoms with Crippen LogP contribution in [0.4, 0.5) is 8.78 Å². The van der Waals surface area contributed by atoms with Gasteiger partial charge in [-0.05, 0) is 11.6 Å². The second kappa shape index (κ2) is 5.78. The minimum atomic E-state index is -4.29. The molecule has 0 amide bonds. The van der Waals surface area contributed by atoms with E-state index in [4.69, 9.17) is 9.88 Å². The fourth-order valence-electron chi connectivity index (χ4n) is 1.76. The first kappa shape index (κ1) is 15.4. The van der Waals surface area contributed by atoms with Crippen molar-refractivity contribution in [3.05, 3.63) is 41.7 Å². The smallest absolute Gasteiger partial charge is 0.241 e. The Morgan fingerprint density at radius 3 is 2.67 bits per heavy atom. The van der Waals surface area contributed by atoms with Crippen LogP contribution < -0.4 is 9.88 Å². The number of nitrogens with two attached hydrogens (primary N) is 1. The van der Waals surface area contributed by atoms with Crippen molar-refractivity contribution in [3.8, 4) is 5.75 Å². The van der Waals surface area contributed by atoms with E-state index in [2.05, 4.69) is 5.10 Å². The van der Waals surface area contributed by atoms with Crippen LogP contribution in [0.1, 0.15) is 5.56 Å². The molecule has 2 N–H and O–H groups in total. The summed E-state index contributed by atoms with van der Waals surface area (Å²) in [5.74, 6) is -2.75. The third kappa shape index (κ3) is 3.76. The second-order valence-electron chi connectivity index (χ2n) is 4.38. The highest BCUT2D eigenvalue weighted by atomic mass is 32.2. The van der Waals surface area contributed by atoms with Crippen molar-refractivity contribution in [2.75, 3.05) is 6.61 Å². The van der Waals surface area contributed by atoms with Gasteiger partial charge in [0.2, 0.25) is 10.0 Å². The van der Waals surface area contributed by atoms with Gasteiger partial charge in [0, 0.05) is 25.7 Å². The quantitative estimate of drug-likeness (QED) is 0.890. The maximum atomic E-state index is 13.7. The molecule has 2 rings (SSSR count). The minimum absolute atomic E-state index is 0.00321. The molecule has 0 radical (unpaired) electrons. The standard InChI is InChI=1S/C12H13F2N3O3S/c1-17-7-8(6-16-17)2-3-20-12-10(14)4-9(13)5-11(12)21(15,18)19/h4-7H,2-3H2,1H3,(H2,15,18,19). The van der Waals surface area contributed by atoms with Gasteiger partial charge in [-0.1, -0.05) is 0 Å². The van der Waals surface area contributed by atoms with Crippen LogP contribution in [0.5, 0.6) is 5.75 Å². The number of halogens is 2. The maximum Gasteiger partial charge on any atom is 0.241 e. The summed E-state index contributed by atoms with van der Waals surface area (Å²) in [6.07, 6.45) is 3.73. The van der Waals surface area contributed by atoms with Crippen LogP contribution in [0, 0.1) is 11.6 Å². The zero-order chi connectivity index (χ0) is 15.6. The van der Waals surface area contributed by atoms with Gasteiger partial charge in [0.05, 0.1) is 12.8 Å². The van der Waals surface area contributed by atoms with Gasteiger partial charge in [0.1, 0.15) is 10.7 Å². The van der Waals surface area contributed by atoms with Crippen LogP contribution in [0.3, 0.4) is 0 Å². The van der Waals surface area contributed by atoms with Crippen molar-refractivity contribution in [1.29, 1.82) is 0 Å². The Hall–Kier alpha value is -2.00. The Balaban J connectivity index is 2.19. The van der Waals surface area contributed by atoms with Crippen LogP contribution in [0.25, 0.3) is 0 Å². The SMILES string of the molecule is Cn1cc(CCOc2c(F)cc(F)cc2S(N)(=O)=O)cn1. The number of benzene rings is 1. The fraction of sp³-hybridized carbons (Fsp3) is 0.250. The highest BCUT2D eigenvalue weighted by Crippen LogP contribution is 2.27. The molecule has 21 heavy (non-hydrogen) atoms. The van der Waals surface area contributed by atoms with E-state index in [9.17, 15) is 17.2 Å². The Kier molecular flexibility index (Phi) is 4.24. The third-order valence-corrected chi connectivity index (χ3v) is 3.59. The molecule has 0 unspecified atom stereocenters. The van der Waals surface area contributed by atoms with E-state index >= 15 is 0 Å². The van der Waals surface area contributed by atoms with E-state index in [0.717, 1.165) is 5.56 Å². The van der Waals surface area contributed by atoms with Gasteiger partial charge in [-0.15, -0.1) is 0 Å². The first-order valence-corrected chi connectivity index (χ1v) is 7.44. The molecule has 1 aromatic heterocycles. The van der Waals surface area contributed by atoms with E-state index in [1.165, 1.54) is 0 Å². The number of hydrogen-bond acceptors (Lipinski definition) is 4. The molecule has 6 nitrogen and oxygen atoms in total. The van der Waals surface area contributed by atoms with E-state index in [0.29, 0.717) is 18.6 Å². The van der Waals surface area contributed by atoms with Gasteiger partial charge in [0.15, 0.2) is 11.6 Å². The summed E-state index contributed by atoms with van der Waals surface area (Å²) in [5, 5.41) is 8.88. The predicted molar refractivity (Wildman–Crippen MR) is 70.1 cm³/mol. The third-order valence-electron chi connectivity index (χ3n) is 2.68. The van der Waals surface area contributed by atoms with Gasteiger partial charge in [-0.2, -0.15) is 5.10 Å². The van der Waals surface area contributed by atoms with Gasteiger partial charge in [-0.3, -0.25) is 4.68 Å². The number of nitrogens with zero attached hydrogens (tertiary/aromatic N) is 2. The van der Waals surface area contributed by atoms with E-state index in [-0.39, 0.29) is 6.61 Å². The van der Waals surface area contributed by atoms with Crippen LogP contribution in [-0.4, -0.2) is 24.8 Å². The highest BCUT2D eigenvalue weighted by Gasteiger charge is 2.21. The Labute approximate surface area is 120 Å². The molecule has 0 saturated carbocycles. The summed E-state index contributed by atoms with van der Waals surface area (Å²) < 4.78 is 56.2. The maximum absolute atomic E-state index is 13.7. The number of ether oxygens (including phenoxy) is 1. The molecule has 0 aliphatic rings. The first-order valence-electron chi connectivity index (χ1n) is 5.89. The van der Waals surface area contributed by atoms with Crippen molar-refractivity contribution < 1.29 is 21.9 Å². The number of aryl methyl sites for hydroxylation is 1. The topological polar surface area (TPSA) is 87.2 Å². The van der Waals surface area contributed by atoms with Crippen molar-refractivity contribution >= 4 is 10.0 Å². The summed E-state index contributed by atoms with van der Waals surface area (Å²) >= 11 is 0. The summed E-state index contributed by atoms with van der Waals surface area (Å²) in [5.41, 5.74) is 0.831. The lowest BCUT2D eigenvalue weighted by molar-refractivity contribution is 0.295. The normalized spacial score (nSPS) is 11.6. The lowest BCUT2D eigenvalue weighted by atomic mass is 10.3. The van der Waals surface area contributed by atoms with E-state index < -0.39 is 32.3 Å². The molecule has 0 bridgehead atoms. The van der Waals surface area contributed by atoms with Crippen LogP contribution >= 0.6 is 0 Å². The van der Waals surface area contributed by atoms with E-state index in [1.807, 2.05) is 0 Å². The van der Waals surface area contributed by atoms with Crippen LogP contribution in [0.15, 0.2) is 29.4 Å². The minimum Gasteiger partial charge on any atom is -0.489 e. The number of aromatic nitrogens is 2. The number of sulfonamides is 1. The molecule has 1 heterocycles. The summed E-state index contributed by atoms with van der Waals surface area (Å²) in [7, 11) is -2.55. The molecular weight excluding hydrogens is 304 g/mol. The molecule has 1 aromatic carbocycles. The molecule has 0 saturated heterocycles. The Morgan fingerprint density at radius 1 is 1.38 bits per heavy atom. The fourth-order valence-corrected chi connectivity index (χ4v) is 2.45. The van der Waals surface area contributed by atoms with Crippen molar-refractivity contribution in [3.63, 3.8) is 0 Å². The highest BCUT2D eigenvalue weighted by molar-refractivity contribution is 7.89. The van der Waals surface area contributed by atoms with Crippen LogP contribution in [0.2, 0.25) is 0 Å². The van der Waals surface area contributed by atoms with Crippen molar-refractivity contribution in [1.82, 2.24) is 9.78 Å². The largest absolute Gasteiger partial charge is 0.489 e. The monoisotopic (exact) mass is 317 g/mol. The van der Waals surface area contributed by atoms with Gasteiger partial charge in [0.25, 0.3) is 0 Å². The summed E-state index contributed by atoms with van der Waals surface area (Å²) in [4.78, 5) is -0.716. The number of rotatable bonds is 5. The second-order valence-corrected chi connectivity index (χ2v) is 5.91. The number of hydrogen-bond donors (Lipinski definition) is 1. The van der Waals surface area contributed by atoms with Gasteiger partial charge >= 0.3 is 0 Å². The molecule has 0 fully saturated rings. The lowest BCUT2D eigenvalue weighted by Crippen LogP contribution is -2.16. The molecule has 0 atom stereocenters. The van der Waals surface area contributed by atoms with Crippen molar-refractivity contribution in [2.45, 2.75) is 11.3 Å². The first-order chi connectivity index (χ1) is 9.77. The molecule has 114 valence electrons. The Morgan fingerprint density at radius 2 is 2.10 bits per heavy atom.